The Bertz CT molecular complexity index is 773. The number of hydrogen-bond acceptors (Lipinski definition) is 3. The number of rotatable bonds is 6. The molecule has 26 heavy (non-hydrogen) atoms. The SMILES string of the molecule is CCCCC1CCC(c2ccc(-c3cnc(N=C=S)cc3Cl)cc2)CC1. The molecule has 0 radical (unpaired) electrons. The molecule has 0 saturated heterocycles. The maximum absolute atomic E-state index is 6.38. The van der Waals surface area contributed by atoms with Gasteiger partial charge in [0.1, 0.15) is 0 Å². The molecule has 136 valence electrons. The molecule has 1 aliphatic carbocycles. The minimum Gasteiger partial charge on any atom is -0.236 e. The van der Waals surface area contributed by atoms with Crippen molar-refractivity contribution in [1.29, 1.82) is 0 Å². The number of halogens is 1. The Kier molecular flexibility index (Phi) is 6.96. The van der Waals surface area contributed by atoms with Crippen LogP contribution in [0.25, 0.3) is 11.1 Å². The van der Waals surface area contributed by atoms with Crippen molar-refractivity contribution in [2.75, 3.05) is 0 Å². The van der Waals surface area contributed by atoms with Crippen molar-refractivity contribution >= 4 is 34.8 Å². The zero-order chi connectivity index (χ0) is 18.4. The van der Waals surface area contributed by atoms with Crippen LogP contribution in [0.15, 0.2) is 41.5 Å². The van der Waals surface area contributed by atoms with Crippen LogP contribution >= 0.6 is 23.8 Å². The highest BCUT2D eigenvalue weighted by atomic mass is 35.5. The minimum absolute atomic E-state index is 0.491. The standard InChI is InChI=1S/C22H25ClN2S/c1-2-3-4-16-5-7-17(8-6-16)18-9-11-19(12-10-18)20-14-24-22(25-15-26)13-21(20)23/h9-14,16-17H,2-8H2,1H3. The van der Waals surface area contributed by atoms with E-state index in [1.54, 1.807) is 12.3 Å². The van der Waals surface area contributed by atoms with Crippen LogP contribution < -0.4 is 0 Å². The number of hydrogen-bond donors (Lipinski definition) is 0. The first-order valence-corrected chi connectivity index (χ1v) is 10.3. The summed E-state index contributed by atoms with van der Waals surface area (Å²) in [7, 11) is 0. The lowest BCUT2D eigenvalue weighted by Crippen LogP contribution is -2.13. The lowest BCUT2D eigenvalue weighted by Gasteiger charge is -2.29. The molecule has 0 aliphatic heterocycles. The van der Waals surface area contributed by atoms with Crippen LogP contribution in [0.4, 0.5) is 5.82 Å². The Hall–Kier alpha value is -1.54. The Morgan fingerprint density at radius 3 is 2.54 bits per heavy atom. The van der Waals surface area contributed by atoms with Crippen molar-refractivity contribution in [1.82, 2.24) is 4.98 Å². The predicted octanol–water partition coefficient (Wildman–Crippen LogP) is 7.60. The number of thiocarbonyl (C=S) groups is 1. The fraction of sp³-hybridized carbons (Fsp3) is 0.455. The largest absolute Gasteiger partial charge is 0.236 e. The van der Waals surface area contributed by atoms with E-state index in [-0.39, 0.29) is 0 Å². The zero-order valence-corrected chi connectivity index (χ0v) is 16.8. The Morgan fingerprint density at radius 2 is 1.92 bits per heavy atom. The highest BCUT2D eigenvalue weighted by molar-refractivity contribution is 7.78. The summed E-state index contributed by atoms with van der Waals surface area (Å²) in [6, 6.07) is 10.5. The molecule has 1 heterocycles. The molecule has 2 nitrogen and oxygen atoms in total. The monoisotopic (exact) mass is 384 g/mol. The summed E-state index contributed by atoms with van der Waals surface area (Å²) in [5.74, 6) is 2.14. The molecule has 0 unspecified atom stereocenters. The molecular weight excluding hydrogens is 360 g/mol. The van der Waals surface area contributed by atoms with Crippen molar-refractivity contribution in [3.8, 4) is 11.1 Å². The third kappa shape index (κ3) is 4.79. The van der Waals surface area contributed by atoms with Crippen molar-refractivity contribution in [3.63, 3.8) is 0 Å². The van der Waals surface area contributed by atoms with E-state index >= 15 is 0 Å². The predicted molar refractivity (Wildman–Crippen MR) is 114 cm³/mol. The van der Waals surface area contributed by atoms with Crippen LogP contribution in [0.3, 0.4) is 0 Å². The third-order valence-electron chi connectivity index (χ3n) is 5.51. The Balaban J connectivity index is 1.67. The summed E-state index contributed by atoms with van der Waals surface area (Å²) in [4.78, 5) is 8.14. The summed E-state index contributed by atoms with van der Waals surface area (Å²) in [5.41, 5.74) is 3.46. The van der Waals surface area contributed by atoms with Gasteiger partial charge in [-0.25, -0.2) is 4.98 Å². The first kappa shape index (κ1) is 19.2. The number of aliphatic imine (C=N–C) groups is 1. The van der Waals surface area contributed by atoms with E-state index in [1.165, 1.54) is 50.5 Å². The second-order valence-electron chi connectivity index (χ2n) is 7.21. The molecule has 0 bridgehead atoms. The van der Waals surface area contributed by atoms with Crippen molar-refractivity contribution in [2.24, 2.45) is 10.9 Å². The van der Waals surface area contributed by atoms with E-state index in [1.807, 2.05) is 0 Å². The van der Waals surface area contributed by atoms with E-state index in [0.717, 1.165) is 17.0 Å². The number of pyridine rings is 1. The van der Waals surface area contributed by atoms with Gasteiger partial charge in [-0.2, -0.15) is 4.99 Å². The van der Waals surface area contributed by atoms with Gasteiger partial charge in [-0.1, -0.05) is 62.1 Å². The van der Waals surface area contributed by atoms with E-state index < -0.39 is 0 Å². The van der Waals surface area contributed by atoms with E-state index in [9.17, 15) is 0 Å². The summed E-state index contributed by atoms with van der Waals surface area (Å²) >= 11 is 11.0. The molecule has 1 aliphatic rings. The molecule has 4 heteroatoms. The fourth-order valence-electron chi connectivity index (χ4n) is 3.95. The summed E-state index contributed by atoms with van der Waals surface area (Å²) in [6.07, 6.45) is 11.3. The van der Waals surface area contributed by atoms with E-state index in [4.69, 9.17) is 11.6 Å². The molecule has 3 rings (SSSR count). The first-order chi connectivity index (χ1) is 12.7. The molecule has 1 aromatic heterocycles. The van der Waals surface area contributed by atoms with Gasteiger partial charge in [-0.05, 0) is 60.9 Å². The van der Waals surface area contributed by atoms with Gasteiger partial charge in [0.15, 0.2) is 5.82 Å². The molecule has 0 spiro atoms. The maximum atomic E-state index is 6.38. The van der Waals surface area contributed by atoms with Gasteiger partial charge in [0.05, 0.1) is 10.2 Å². The number of isothiocyanates is 1. The van der Waals surface area contributed by atoms with Gasteiger partial charge in [-0.3, -0.25) is 0 Å². The lowest BCUT2D eigenvalue weighted by molar-refractivity contribution is 0.304. The maximum Gasteiger partial charge on any atom is 0.164 e. The topological polar surface area (TPSA) is 25.2 Å². The second-order valence-corrected chi connectivity index (χ2v) is 7.80. The van der Waals surface area contributed by atoms with E-state index in [0.29, 0.717) is 16.8 Å². The van der Waals surface area contributed by atoms with Gasteiger partial charge >= 0.3 is 0 Å². The third-order valence-corrected chi connectivity index (χ3v) is 5.91. The van der Waals surface area contributed by atoms with Crippen LogP contribution in [0.1, 0.15) is 63.4 Å². The Morgan fingerprint density at radius 1 is 1.19 bits per heavy atom. The molecule has 1 saturated carbocycles. The van der Waals surface area contributed by atoms with Gasteiger partial charge in [0.25, 0.3) is 0 Å². The van der Waals surface area contributed by atoms with Gasteiger partial charge in [-0.15, -0.1) is 0 Å². The average Bonchev–Trinajstić information content (AvgIpc) is 2.67. The van der Waals surface area contributed by atoms with E-state index in [2.05, 4.69) is 58.5 Å². The first-order valence-electron chi connectivity index (χ1n) is 9.55. The van der Waals surface area contributed by atoms with Crippen LogP contribution in [-0.2, 0) is 0 Å². The van der Waals surface area contributed by atoms with Crippen molar-refractivity contribution < 1.29 is 0 Å². The molecule has 1 aromatic carbocycles. The summed E-state index contributed by atoms with van der Waals surface area (Å²) in [6.45, 7) is 2.29. The number of nitrogens with zero attached hydrogens (tertiary/aromatic N) is 2. The minimum atomic E-state index is 0.491. The van der Waals surface area contributed by atoms with Crippen LogP contribution in [0, 0.1) is 5.92 Å². The smallest absolute Gasteiger partial charge is 0.164 e. The van der Waals surface area contributed by atoms with Gasteiger partial charge < -0.3 is 0 Å². The molecule has 1 fully saturated rings. The quantitative estimate of drug-likeness (QED) is 0.378. The summed E-state index contributed by atoms with van der Waals surface area (Å²) < 4.78 is 0. The number of aromatic nitrogens is 1. The van der Waals surface area contributed by atoms with Crippen LogP contribution in [-0.4, -0.2) is 10.1 Å². The summed E-state index contributed by atoms with van der Waals surface area (Å²) in [5, 5.41) is 2.95. The van der Waals surface area contributed by atoms with Gasteiger partial charge in [0.2, 0.25) is 0 Å². The van der Waals surface area contributed by atoms with Crippen LogP contribution in [0.5, 0.6) is 0 Å². The van der Waals surface area contributed by atoms with Crippen LogP contribution in [0.2, 0.25) is 5.02 Å². The van der Waals surface area contributed by atoms with Gasteiger partial charge in [0, 0.05) is 17.8 Å². The normalized spacial score (nSPS) is 19.8. The van der Waals surface area contributed by atoms with Crippen molar-refractivity contribution in [3.05, 3.63) is 47.1 Å². The molecule has 2 aromatic rings. The highest BCUT2D eigenvalue weighted by Crippen LogP contribution is 2.38. The fourth-order valence-corrected chi connectivity index (χ4v) is 4.30. The molecular formula is C22H25ClN2S. The second kappa shape index (κ2) is 9.41. The Labute approximate surface area is 166 Å². The number of benzene rings is 1. The van der Waals surface area contributed by atoms with Crippen molar-refractivity contribution in [2.45, 2.75) is 57.8 Å². The lowest BCUT2D eigenvalue weighted by atomic mass is 9.77. The number of unbranched alkanes of at least 4 members (excludes halogenated alkanes) is 1. The molecule has 0 amide bonds. The average molecular weight is 385 g/mol. The zero-order valence-electron chi connectivity index (χ0n) is 15.2. The molecule has 0 N–H and O–H groups in total. The highest BCUT2D eigenvalue weighted by Gasteiger charge is 2.22. The molecule has 0 atom stereocenters.